The summed E-state index contributed by atoms with van der Waals surface area (Å²) in [6, 6.07) is 2.62. The first kappa shape index (κ1) is 13.5. The summed E-state index contributed by atoms with van der Waals surface area (Å²) in [5, 5.41) is 10.7. The molecule has 1 aromatic rings. The molecule has 0 atom stereocenters. The zero-order valence-corrected chi connectivity index (χ0v) is 9.63. The van der Waals surface area contributed by atoms with Crippen LogP contribution in [0.4, 0.5) is 18.9 Å². The highest BCUT2D eigenvalue weighted by Gasteiger charge is 2.38. The molecule has 1 saturated heterocycles. The Morgan fingerprint density at radius 2 is 2.21 bits per heavy atom. The topological polar surface area (TPSA) is 68.5 Å². The molecule has 0 bridgehead atoms. The highest BCUT2D eigenvalue weighted by Crippen LogP contribution is 2.27. The van der Waals surface area contributed by atoms with Gasteiger partial charge in [-0.3, -0.25) is 15.0 Å². The van der Waals surface area contributed by atoms with Gasteiger partial charge in [-0.25, -0.2) is 4.98 Å². The molecule has 19 heavy (non-hydrogen) atoms. The number of nitro groups is 1. The lowest BCUT2D eigenvalue weighted by Gasteiger charge is -2.38. The first-order valence-corrected chi connectivity index (χ1v) is 5.40. The summed E-state index contributed by atoms with van der Waals surface area (Å²) < 4.78 is 41.4. The summed E-state index contributed by atoms with van der Waals surface area (Å²) in [7, 11) is 0. The van der Waals surface area contributed by atoms with Crippen LogP contribution in [-0.4, -0.2) is 46.7 Å². The van der Waals surface area contributed by atoms with E-state index in [1.54, 1.807) is 0 Å². The number of alkyl halides is 3. The third kappa shape index (κ3) is 3.53. The quantitative estimate of drug-likeness (QED) is 0.618. The third-order valence-corrected chi connectivity index (χ3v) is 2.55. The summed E-state index contributed by atoms with van der Waals surface area (Å²) >= 11 is 0. The van der Waals surface area contributed by atoms with E-state index in [0.29, 0.717) is 0 Å². The van der Waals surface area contributed by atoms with Crippen molar-refractivity contribution in [2.24, 2.45) is 0 Å². The summed E-state index contributed by atoms with van der Waals surface area (Å²) in [5.74, 6) is -0.163. The van der Waals surface area contributed by atoms with Crippen LogP contribution in [0.3, 0.4) is 0 Å². The van der Waals surface area contributed by atoms with Gasteiger partial charge in [0, 0.05) is 25.4 Å². The molecule has 9 heteroatoms. The van der Waals surface area contributed by atoms with Crippen molar-refractivity contribution in [1.82, 2.24) is 9.88 Å². The second-order valence-electron chi connectivity index (χ2n) is 4.13. The molecular weight excluding hydrogens is 267 g/mol. The van der Waals surface area contributed by atoms with E-state index in [4.69, 9.17) is 4.74 Å². The van der Waals surface area contributed by atoms with E-state index in [1.807, 2.05) is 0 Å². The first-order chi connectivity index (χ1) is 8.85. The average molecular weight is 277 g/mol. The Labute approximate surface area is 105 Å². The molecule has 0 spiro atoms. The summed E-state index contributed by atoms with van der Waals surface area (Å²) in [6.07, 6.45) is -3.42. The van der Waals surface area contributed by atoms with Gasteiger partial charge in [-0.05, 0) is 6.07 Å². The highest BCUT2D eigenvalue weighted by atomic mass is 19.4. The summed E-state index contributed by atoms with van der Waals surface area (Å²) in [5.41, 5.74) is -0.295. The van der Waals surface area contributed by atoms with Crippen LogP contribution < -0.4 is 4.74 Å². The van der Waals surface area contributed by atoms with E-state index in [9.17, 15) is 23.3 Å². The molecule has 1 aromatic heterocycles. The standard InChI is InChI=1S/C10H10F3N3O3/c11-10(12,13)6-15-4-7(5-15)19-9-8(16(17)18)2-1-3-14-9/h1-3,7H,4-6H2. The zero-order valence-electron chi connectivity index (χ0n) is 9.63. The molecule has 2 rings (SSSR count). The molecule has 1 fully saturated rings. The van der Waals surface area contributed by atoms with Gasteiger partial charge < -0.3 is 4.74 Å². The predicted molar refractivity (Wildman–Crippen MR) is 57.8 cm³/mol. The highest BCUT2D eigenvalue weighted by molar-refractivity contribution is 5.39. The van der Waals surface area contributed by atoms with Gasteiger partial charge in [-0.15, -0.1) is 0 Å². The molecule has 0 amide bonds. The second kappa shape index (κ2) is 5.00. The van der Waals surface area contributed by atoms with Crippen LogP contribution in [0.5, 0.6) is 5.88 Å². The fourth-order valence-corrected chi connectivity index (χ4v) is 1.75. The molecule has 0 aromatic carbocycles. The molecule has 0 radical (unpaired) electrons. The van der Waals surface area contributed by atoms with Crippen LogP contribution in [0.25, 0.3) is 0 Å². The van der Waals surface area contributed by atoms with Crippen molar-refractivity contribution in [2.75, 3.05) is 19.6 Å². The maximum absolute atomic E-state index is 12.1. The fourth-order valence-electron chi connectivity index (χ4n) is 1.75. The van der Waals surface area contributed by atoms with Crippen LogP contribution in [0.1, 0.15) is 0 Å². The first-order valence-electron chi connectivity index (χ1n) is 5.40. The Balaban J connectivity index is 1.90. The molecule has 2 heterocycles. The van der Waals surface area contributed by atoms with Crippen molar-refractivity contribution in [3.63, 3.8) is 0 Å². The van der Waals surface area contributed by atoms with Crippen molar-refractivity contribution >= 4 is 5.69 Å². The Morgan fingerprint density at radius 1 is 1.53 bits per heavy atom. The van der Waals surface area contributed by atoms with Gasteiger partial charge in [0.25, 0.3) is 5.88 Å². The summed E-state index contributed by atoms with van der Waals surface area (Å²) in [6.45, 7) is -0.850. The number of likely N-dealkylation sites (tertiary alicyclic amines) is 1. The number of aromatic nitrogens is 1. The van der Waals surface area contributed by atoms with Crippen LogP contribution in [0, 0.1) is 10.1 Å². The van der Waals surface area contributed by atoms with Crippen molar-refractivity contribution in [2.45, 2.75) is 12.3 Å². The number of nitrogens with zero attached hydrogens (tertiary/aromatic N) is 3. The van der Waals surface area contributed by atoms with Gasteiger partial charge in [0.1, 0.15) is 6.10 Å². The van der Waals surface area contributed by atoms with Crippen LogP contribution in [0.15, 0.2) is 18.3 Å². The maximum atomic E-state index is 12.1. The minimum atomic E-state index is -4.25. The van der Waals surface area contributed by atoms with Crippen LogP contribution >= 0.6 is 0 Å². The second-order valence-corrected chi connectivity index (χ2v) is 4.13. The lowest BCUT2D eigenvalue weighted by Crippen LogP contribution is -2.56. The van der Waals surface area contributed by atoms with Gasteiger partial charge in [0.15, 0.2) is 0 Å². The zero-order chi connectivity index (χ0) is 14.0. The Kier molecular flexibility index (Phi) is 3.56. The number of pyridine rings is 1. The Morgan fingerprint density at radius 3 is 2.79 bits per heavy atom. The minimum absolute atomic E-state index is 0.0766. The van der Waals surface area contributed by atoms with Crippen molar-refractivity contribution in [3.05, 3.63) is 28.4 Å². The SMILES string of the molecule is O=[N+]([O-])c1cccnc1OC1CN(CC(F)(F)F)C1. The molecule has 1 aliphatic heterocycles. The largest absolute Gasteiger partial charge is 0.467 e. The van der Waals surface area contributed by atoms with E-state index in [-0.39, 0.29) is 24.7 Å². The lowest BCUT2D eigenvalue weighted by atomic mass is 10.1. The van der Waals surface area contributed by atoms with Crippen LogP contribution in [-0.2, 0) is 0 Å². The summed E-state index contributed by atoms with van der Waals surface area (Å²) in [4.78, 5) is 14.9. The molecule has 104 valence electrons. The maximum Gasteiger partial charge on any atom is 0.401 e. The van der Waals surface area contributed by atoms with E-state index in [2.05, 4.69) is 4.98 Å². The van der Waals surface area contributed by atoms with Gasteiger partial charge in [-0.2, -0.15) is 13.2 Å². The van der Waals surface area contributed by atoms with E-state index in [1.165, 1.54) is 18.3 Å². The normalized spacial score (nSPS) is 17.0. The van der Waals surface area contributed by atoms with E-state index in [0.717, 1.165) is 4.90 Å². The van der Waals surface area contributed by atoms with E-state index >= 15 is 0 Å². The molecule has 6 nitrogen and oxygen atoms in total. The van der Waals surface area contributed by atoms with Gasteiger partial charge in [-0.1, -0.05) is 0 Å². The fraction of sp³-hybridized carbons (Fsp3) is 0.500. The Hall–Kier alpha value is -1.90. The predicted octanol–water partition coefficient (Wildman–Crippen LogP) is 1.62. The number of hydrogen-bond acceptors (Lipinski definition) is 5. The number of ether oxygens (including phenoxy) is 1. The third-order valence-electron chi connectivity index (χ3n) is 2.55. The van der Waals surface area contributed by atoms with Gasteiger partial charge in [0.05, 0.1) is 11.5 Å². The molecular formula is C10H10F3N3O3. The van der Waals surface area contributed by atoms with Crippen molar-refractivity contribution < 1.29 is 22.8 Å². The molecule has 0 aliphatic carbocycles. The number of rotatable bonds is 4. The van der Waals surface area contributed by atoms with Crippen molar-refractivity contribution in [1.29, 1.82) is 0 Å². The number of halogens is 3. The Bertz CT molecular complexity index is 475. The van der Waals surface area contributed by atoms with Gasteiger partial charge >= 0.3 is 11.9 Å². The minimum Gasteiger partial charge on any atom is -0.467 e. The smallest absolute Gasteiger partial charge is 0.401 e. The molecule has 1 aliphatic rings. The lowest BCUT2D eigenvalue weighted by molar-refractivity contribution is -0.386. The molecule has 0 unspecified atom stereocenters. The van der Waals surface area contributed by atoms with Gasteiger partial charge in [0.2, 0.25) is 0 Å². The molecule has 0 N–H and O–H groups in total. The number of hydrogen-bond donors (Lipinski definition) is 0. The monoisotopic (exact) mass is 277 g/mol. The van der Waals surface area contributed by atoms with Crippen LogP contribution in [0.2, 0.25) is 0 Å². The van der Waals surface area contributed by atoms with Crippen molar-refractivity contribution in [3.8, 4) is 5.88 Å². The molecule has 0 saturated carbocycles. The van der Waals surface area contributed by atoms with E-state index < -0.39 is 23.7 Å². The average Bonchev–Trinajstić information content (AvgIpc) is 2.24.